The van der Waals surface area contributed by atoms with Crippen molar-refractivity contribution in [3.8, 4) is 0 Å². The average molecular weight is 467 g/mol. The van der Waals surface area contributed by atoms with Crippen LogP contribution in [-0.2, 0) is 20.9 Å². The molecule has 8 heteroatoms. The molecule has 1 saturated heterocycles. The van der Waals surface area contributed by atoms with Crippen LogP contribution in [0.1, 0.15) is 42.4 Å². The van der Waals surface area contributed by atoms with Crippen molar-refractivity contribution in [2.75, 3.05) is 11.1 Å². The van der Waals surface area contributed by atoms with Crippen LogP contribution in [0, 0.1) is 5.21 Å². The number of rotatable bonds is 7. The molecule has 1 aliphatic rings. The first-order valence-corrected chi connectivity index (χ1v) is 11.7. The Labute approximate surface area is 196 Å². The van der Waals surface area contributed by atoms with Gasteiger partial charge in [0.1, 0.15) is 0 Å². The summed E-state index contributed by atoms with van der Waals surface area (Å²) < 4.78 is 13.5. The molecule has 7 nitrogen and oxygen atoms in total. The van der Waals surface area contributed by atoms with E-state index in [0.717, 1.165) is 21.4 Å². The predicted octanol–water partition coefficient (Wildman–Crippen LogP) is 4.11. The lowest BCUT2D eigenvalue weighted by Crippen LogP contribution is -2.32. The van der Waals surface area contributed by atoms with E-state index in [0.29, 0.717) is 22.9 Å². The van der Waals surface area contributed by atoms with Gasteiger partial charge in [-0.3, -0.25) is 4.79 Å². The van der Waals surface area contributed by atoms with Crippen LogP contribution in [0.5, 0.6) is 0 Å². The number of hydrogen-bond donors (Lipinski definition) is 2. The summed E-state index contributed by atoms with van der Waals surface area (Å²) in [5, 5.41) is 24.8. The predicted molar refractivity (Wildman–Crippen MR) is 125 cm³/mol. The molecule has 0 spiro atoms. The monoisotopic (exact) mass is 466 g/mol. The third kappa shape index (κ3) is 6.11. The molecule has 172 valence electrons. The molecule has 2 aromatic carbocycles. The van der Waals surface area contributed by atoms with E-state index in [4.69, 9.17) is 9.47 Å². The standard InChI is InChI=1S/C25H26N2O5S/c1-17(29)26-21-6-4-5-20(13-21)25-31-22(16-33-24-7-2-3-12-27(24)30)14-23(32-25)19-10-8-18(15-28)9-11-19/h2-13,22-23,25,28H,14-16H2,1H3,(H,26,29). The Bertz CT molecular complexity index is 1090. The fourth-order valence-corrected chi connectivity index (χ4v) is 4.63. The molecule has 1 amide bonds. The van der Waals surface area contributed by atoms with Crippen molar-refractivity contribution in [1.29, 1.82) is 0 Å². The fourth-order valence-electron chi connectivity index (χ4n) is 3.69. The van der Waals surface area contributed by atoms with Crippen LogP contribution in [0.3, 0.4) is 0 Å². The van der Waals surface area contributed by atoms with Gasteiger partial charge in [0, 0.05) is 42.5 Å². The Morgan fingerprint density at radius 1 is 1.12 bits per heavy atom. The van der Waals surface area contributed by atoms with Gasteiger partial charge in [0.05, 0.1) is 18.8 Å². The SMILES string of the molecule is CC(=O)Nc1cccc(C2OC(CSc3cccc[n+]3[O-])CC(c3ccc(CO)cc3)O2)c1. The Morgan fingerprint density at radius 2 is 1.94 bits per heavy atom. The van der Waals surface area contributed by atoms with Gasteiger partial charge >= 0.3 is 0 Å². The van der Waals surface area contributed by atoms with E-state index in [2.05, 4.69) is 5.32 Å². The molecule has 0 saturated carbocycles. The molecular formula is C25H26N2O5S. The molecule has 33 heavy (non-hydrogen) atoms. The largest absolute Gasteiger partial charge is 0.618 e. The van der Waals surface area contributed by atoms with Gasteiger partial charge in [-0.1, -0.05) is 48.2 Å². The lowest BCUT2D eigenvalue weighted by Gasteiger charge is -2.36. The van der Waals surface area contributed by atoms with Crippen molar-refractivity contribution < 1.29 is 24.1 Å². The highest BCUT2D eigenvalue weighted by Gasteiger charge is 2.32. The Kier molecular flexibility index (Phi) is 7.61. The Morgan fingerprint density at radius 3 is 2.67 bits per heavy atom. The zero-order chi connectivity index (χ0) is 23.2. The third-order valence-electron chi connectivity index (χ3n) is 5.30. The summed E-state index contributed by atoms with van der Waals surface area (Å²) in [5.74, 6) is 0.436. The van der Waals surface area contributed by atoms with Crippen molar-refractivity contribution in [2.24, 2.45) is 0 Å². The minimum Gasteiger partial charge on any atom is -0.618 e. The van der Waals surface area contributed by atoms with Gasteiger partial charge in [0.2, 0.25) is 5.91 Å². The zero-order valence-electron chi connectivity index (χ0n) is 18.2. The van der Waals surface area contributed by atoms with E-state index in [1.54, 1.807) is 12.1 Å². The third-order valence-corrected chi connectivity index (χ3v) is 6.45. The Hall–Kier alpha value is -2.91. The molecule has 2 heterocycles. The maximum absolute atomic E-state index is 12.0. The van der Waals surface area contributed by atoms with E-state index in [-0.39, 0.29) is 24.7 Å². The second-order valence-corrected chi connectivity index (χ2v) is 8.87. The van der Waals surface area contributed by atoms with E-state index in [1.807, 2.05) is 54.6 Å². The molecule has 0 bridgehead atoms. The quantitative estimate of drug-likeness (QED) is 0.309. The number of nitrogens with zero attached hydrogens (tertiary/aromatic N) is 1. The number of ether oxygens (including phenoxy) is 2. The molecule has 4 rings (SSSR count). The summed E-state index contributed by atoms with van der Waals surface area (Å²) in [5.41, 5.74) is 3.30. The van der Waals surface area contributed by atoms with E-state index < -0.39 is 6.29 Å². The van der Waals surface area contributed by atoms with Crippen molar-refractivity contribution in [2.45, 2.75) is 43.5 Å². The molecule has 1 aromatic heterocycles. The molecule has 1 fully saturated rings. The summed E-state index contributed by atoms with van der Waals surface area (Å²) in [4.78, 5) is 11.5. The maximum atomic E-state index is 12.0. The van der Waals surface area contributed by atoms with Gasteiger partial charge in [-0.2, -0.15) is 4.73 Å². The number of aliphatic hydroxyl groups is 1. The van der Waals surface area contributed by atoms with Crippen LogP contribution in [0.15, 0.2) is 78.0 Å². The molecule has 0 radical (unpaired) electrons. The number of carbonyl (C=O) groups excluding carboxylic acids is 1. The van der Waals surface area contributed by atoms with Crippen LogP contribution in [0.4, 0.5) is 5.69 Å². The number of carbonyl (C=O) groups is 1. The van der Waals surface area contributed by atoms with E-state index >= 15 is 0 Å². The van der Waals surface area contributed by atoms with Crippen LogP contribution < -0.4 is 10.0 Å². The minimum absolute atomic E-state index is 0.0149. The van der Waals surface area contributed by atoms with Gasteiger partial charge in [0.15, 0.2) is 12.5 Å². The first-order valence-electron chi connectivity index (χ1n) is 10.7. The summed E-state index contributed by atoms with van der Waals surface area (Å²) in [7, 11) is 0. The molecule has 3 unspecified atom stereocenters. The number of pyridine rings is 1. The normalized spacial score (nSPS) is 20.4. The highest BCUT2D eigenvalue weighted by Crippen LogP contribution is 2.39. The van der Waals surface area contributed by atoms with E-state index in [9.17, 15) is 15.1 Å². The number of benzene rings is 2. The number of aliphatic hydroxyl groups excluding tert-OH is 1. The number of aromatic nitrogens is 1. The van der Waals surface area contributed by atoms with Crippen molar-refractivity contribution >= 4 is 23.4 Å². The Balaban J connectivity index is 1.56. The van der Waals surface area contributed by atoms with Gasteiger partial charge in [-0.25, -0.2) is 0 Å². The molecule has 3 atom stereocenters. The number of nitrogens with one attached hydrogen (secondary N) is 1. The molecular weight excluding hydrogens is 440 g/mol. The van der Waals surface area contributed by atoms with Crippen LogP contribution >= 0.6 is 11.8 Å². The topological polar surface area (TPSA) is 94.7 Å². The first-order chi connectivity index (χ1) is 16.0. The highest BCUT2D eigenvalue weighted by molar-refractivity contribution is 7.99. The van der Waals surface area contributed by atoms with Gasteiger partial charge in [-0.15, -0.1) is 0 Å². The number of anilines is 1. The van der Waals surface area contributed by atoms with Crippen molar-refractivity contribution in [1.82, 2.24) is 0 Å². The van der Waals surface area contributed by atoms with Crippen molar-refractivity contribution in [3.05, 3.63) is 94.8 Å². The number of hydrogen-bond acceptors (Lipinski definition) is 6. The minimum atomic E-state index is -0.629. The summed E-state index contributed by atoms with van der Waals surface area (Å²) in [6, 6.07) is 20.4. The summed E-state index contributed by atoms with van der Waals surface area (Å²) in [6.45, 7) is 1.45. The molecule has 1 aliphatic heterocycles. The smallest absolute Gasteiger partial charge is 0.251 e. The van der Waals surface area contributed by atoms with Crippen LogP contribution in [0.2, 0.25) is 0 Å². The molecule has 0 aliphatic carbocycles. The summed E-state index contributed by atoms with van der Waals surface area (Å²) in [6.07, 6.45) is 1.09. The zero-order valence-corrected chi connectivity index (χ0v) is 19.0. The van der Waals surface area contributed by atoms with E-state index in [1.165, 1.54) is 24.9 Å². The fraction of sp³-hybridized carbons (Fsp3) is 0.280. The van der Waals surface area contributed by atoms with Crippen LogP contribution in [0.25, 0.3) is 0 Å². The van der Waals surface area contributed by atoms with Gasteiger partial charge in [-0.05, 0) is 29.3 Å². The number of thioether (sulfide) groups is 1. The summed E-state index contributed by atoms with van der Waals surface area (Å²) >= 11 is 1.45. The average Bonchev–Trinajstić information content (AvgIpc) is 2.83. The van der Waals surface area contributed by atoms with Gasteiger partial charge < -0.3 is 25.1 Å². The lowest BCUT2D eigenvalue weighted by molar-refractivity contribution is -0.645. The second-order valence-electron chi connectivity index (χ2n) is 7.83. The maximum Gasteiger partial charge on any atom is 0.251 e. The van der Waals surface area contributed by atoms with Gasteiger partial charge in [0.25, 0.3) is 5.03 Å². The molecule has 2 N–H and O–H groups in total. The van der Waals surface area contributed by atoms with Crippen molar-refractivity contribution in [3.63, 3.8) is 0 Å². The molecule has 3 aromatic rings. The van der Waals surface area contributed by atoms with Crippen LogP contribution in [-0.4, -0.2) is 22.9 Å². The lowest BCUT2D eigenvalue weighted by atomic mass is 10.0. The number of amides is 1. The highest BCUT2D eigenvalue weighted by atomic mass is 32.2. The first kappa shape index (κ1) is 23.3. The second kappa shape index (κ2) is 10.8.